The molecule has 8 heteroatoms. The summed E-state index contributed by atoms with van der Waals surface area (Å²) in [5.41, 5.74) is 0. The van der Waals surface area contributed by atoms with E-state index in [4.69, 9.17) is 9.47 Å². The van der Waals surface area contributed by atoms with Crippen LogP contribution < -0.4 is 19.5 Å². The van der Waals surface area contributed by atoms with Crippen LogP contribution in [0.25, 0.3) is 0 Å². The predicted molar refractivity (Wildman–Crippen MR) is 75.9 cm³/mol. The van der Waals surface area contributed by atoms with Crippen molar-refractivity contribution in [3.63, 3.8) is 0 Å². The standard InChI is InChI=1S/C13H18N2O5S/c1-9(13(16)14-2)15-21(17,18)10-4-5-11-12(8-10)20-7-3-6-19-11/h4-5,8-9,15H,3,6-7H2,1-2H3,(H,14,16)/t9-/m1/s1. The number of sulfonamides is 1. The number of amides is 1. The van der Waals surface area contributed by atoms with E-state index in [-0.39, 0.29) is 4.90 Å². The fourth-order valence-electron chi connectivity index (χ4n) is 1.88. The Morgan fingerprint density at radius 2 is 1.90 bits per heavy atom. The number of fused-ring (bicyclic) bond motifs is 1. The molecule has 0 radical (unpaired) electrons. The number of benzene rings is 1. The minimum atomic E-state index is -3.81. The Hall–Kier alpha value is -1.80. The van der Waals surface area contributed by atoms with Crippen LogP contribution in [0.3, 0.4) is 0 Å². The van der Waals surface area contributed by atoms with Crippen molar-refractivity contribution in [3.8, 4) is 11.5 Å². The van der Waals surface area contributed by atoms with Gasteiger partial charge in [-0.2, -0.15) is 4.72 Å². The summed E-state index contributed by atoms with van der Waals surface area (Å²) in [5, 5.41) is 2.39. The van der Waals surface area contributed by atoms with Crippen LogP contribution >= 0.6 is 0 Å². The van der Waals surface area contributed by atoms with Crippen molar-refractivity contribution in [2.45, 2.75) is 24.3 Å². The fourth-order valence-corrected chi connectivity index (χ4v) is 3.10. The van der Waals surface area contributed by atoms with Crippen molar-refractivity contribution >= 4 is 15.9 Å². The highest BCUT2D eigenvalue weighted by molar-refractivity contribution is 7.89. The molecule has 2 rings (SSSR count). The maximum absolute atomic E-state index is 12.2. The summed E-state index contributed by atoms with van der Waals surface area (Å²) >= 11 is 0. The van der Waals surface area contributed by atoms with Crippen molar-refractivity contribution in [2.75, 3.05) is 20.3 Å². The fraction of sp³-hybridized carbons (Fsp3) is 0.462. The molecule has 1 aliphatic heterocycles. The lowest BCUT2D eigenvalue weighted by molar-refractivity contribution is -0.121. The van der Waals surface area contributed by atoms with Crippen molar-refractivity contribution in [2.24, 2.45) is 0 Å². The van der Waals surface area contributed by atoms with Crippen molar-refractivity contribution in [1.82, 2.24) is 10.0 Å². The molecule has 0 saturated heterocycles. The maximum atomic E-state index is 12.2. The highest BCUT2D eigenvalue weighted by atomic mass is 32.2. The van der Waals surface area contributed by atoms with Gasteiger partial charge in [0.1, 0.15) is 0 Å². The van der Waals surface area contributed by atoms with Crippen LogP contribution in [0, 0.1) is 0 Å². The zero-order chi connectivity index (χ0) is 15.5. The molecule has 0 fully saturated rings. The summed E-state index contributed by atoms with van der Waals surface area (Å²) in [4.78, 5) is 11.4. The third kappa shape index (κ3) is 3.64. The lowest BCUT2D eigenvalue weighted by atomic mass is 10.3. The lowest BCUT2D eigenvalue weighted by Gasteiger charge is -2.14. The van der Waals surface area contributed by atoms with Crippen LogP contribution in [0.4, 0.5) is 0 Å². The Kier molecular flexibility index (Phi) is 4.69. The second kappa shape index (κ2) is 6.31. The van der Waals surface area contributed by atoms with Crippen LogP contribution in [0.2, 0.25) is 0 Å². The largest absolute Gasteiger partial charge is 0.490 e. The number of nitrogens with one attached hydrogen (secondary N) is 2. The first-order valence-corrected chi connectivity index (χ1v) is 8.06. The summed E-state index contributed by atoms with van der Waals surface area (Å²) in [6.07, 6.45) is 0.739. The van der Waals surface area contributed by atoms with Gasteiger partial charge >= 0.3 is 0 Å². The second-order valence-electron chi connectivity index (χ2n) is 4.62. The van der Waals surface area contributed by atoms with Gasteiger partial charge in [-0.1, -0.05) is 0 Å². The number of carbonyl (C=O) groups excluding carboxylic acids is 1. The normalized spacial score (nSPS) is 15.9. The van der Waals surface area contributed by atoms with E-state index >= 15 is 0 Å². The number of likely N-dealkylation sites (N-methyl/N-ethyl adjacent to an activating group) is 1. The molecule has 21 heavy (non-hydrogen) atoms. The molecule has 0 spiro atoms. The topological polar surface area (TPSA) is 93.7 Å². The molecule has 2 N–H and O–H groups in total. The molecule has 116 valence electrons. The minimum Gasteiger partial charge on any atom is -0.490 e. The Morgan fingerprint density at radius 1 is 1.24 bits per heavy atom. The average molecular weight is 314 g/mol. The minimum absolute atomic E-state index is 0.0301. The van der Waals surface area contributed by atoms with Crippen LogP contribution in [0.15, 0.2) is 23.1 Å². The van der Waals surface area contributed by atoms with Crippen LogP contribution in [-0.2, 0) is 14.8 Å². The van der Waals surface area contributed by atoms with Crippen LogP contribution in [0.1, 0.15) is 13.3 Å². The predicted octanol–water partition coefficient (Wildman–Crippen LogP) is 0.261. The summed E-state index contributed by atoms with van der Waals surface area (Å²) in [5.74, 6) is 0.502. The third-order valence-corrected chi connectivity index (χ3v) is 4.54. The van der Waals surface area contributed by atoms with E-state index in [1.54, 1.807) is 6.07 Å². The van der Waals surface area contributed by atoms with Gasteiger partial charge in [-0.3, -0.25) is 4.79 Å². The Balaban J connectivity index is 2.24. The highest BCUT2D eigenvalue weighted by Crippen LogP contribution is 2.31. The quantitative estimate of drug-likeness (QED) is 0.831. The van der Waals surface area contributed by atoms with Crippen LogP contribution in [-0.4, -0.2) is 40.6 Å². The molecule has 1 aliphatic rings. The molecule has 1 aromatic carbocycles. The third-order valence-electron chi connectivity index (χ3n) is 3.00. The van der Waals surface area contributed by atoms with Crippen molar-refractivity contribution in [1.29, 1.82) is 0 Å². The lowest BCUT2D eigenvalue weighted by Crippen LogP contribution is -2.43. The highest BCUT2D eigenvalue weighted by Gasteiger charge is 2.23. The first-order valence-electron chi connectivity index (χ1n) is 6.57. The van der Waals surface area contributed by atoms with E-state index in [1.807, 2.05) is 0 Å². The van der Waals surface area contributed by atoms with Gasteiger partial charge in [-0.15, -0.1) is 0 Å². The van der Waals surface area contributed by atoms with Gasteiger partial charge in [0.05, 0.1) is 24.2 Å². The van der Waals surface area contributed by atoms with Crippen molar-refractivity contribution in [3.05, 3.63) is 18.2 Å². The molecule has 0 bridgehead atoms. The second-order valence-corrected chi connectivity index (χ2v) is 6.33. The van der Waals surface area contributed by atoms with E-state index in [1.165, 1.54) is 26.1 Å². The van der Waals surface area contributed by atoms with Gasteiger partial charge in [-0.05, 0) is 19.1 Å². The van der Waals surface area contributed by atoms with Crippen molar-refractivity contribution < 1.29 is 22.7 Å². The molecule has 0 unspecified atom stereocenters. The summed E-state index contributed by atoms with van der Waals surface area (Å²) in [7, 11) is -2.36. The molecule has 1 aromatic rings. The molecule has 1 heterocycles. The van der Waals surface area contributed by atoms with Crippen LogP contribution in [0.5, 0.6) is 11.5 Å². The number of carbonyl (C=O) groups is 1. The molecule has 0 saturated carbocycles. The molecule has 1 amide bonds. The van der Waals surface area contributed by atoms with Gasteiger partial charge in [0.2, 0.25) is 15.9 Å². The van der Waals surface area contributed by atoms with E-state index in [0.717, 1.165) is 6.42 Å². The van der Waals surface area contributed by atoms with Gasteiger partial charge in [0.15, 0.2) is 11.5 Å². The summed E-state index contributed by atoms with van der Waals surface area (Å²) in [6, 6.07) is 3.52. The monoisotopic (exact) mass is 314 g/mol. The molecular weight excluding hydrogens is 296 g/mol. The molecular formula is C13H18N2O5S. The Labute approximate surface area is 123 Å². The zero-order valence-corrected chi connectivity index (χ0v) is 12.7. The van der Waals surface area contributed by atoms with E-state index in [9.17, 15) is 13.2 Å². The molecule has 0 aromatic heterocycles. The van der Waals surface area contributed by atoms with Gasteiger partial charge < -0.3 is 14.8 Å². The summed E-state index contributed by atoms with van der Waals surface area (Å²) < 4.78 is 37.7. The van der Waals surface area contributed by atoms with E-state index < -0.39 is 22.0 Å². The summed E-state index contributed by atoms with van der Waals surface area (Å²) in [6.45, 7) is 2.48. The number of hydrogen-bond donors (Lipinski definition) is 2. The maximum Gasteiger partial charge on any atom is 0.241 e. The van der Waals surface area contributed by atoms with Gasteiger partial charge in [0.25, 0.3) is 0 Å². The Bertz CT molecular complexity index is 629. The van der Waals surface area contributed by atoms with Gasteiger partial charge in [-0.25, -0.2) is 8.42 Å². The first kappa shape index (κ1) is 15.6. The number of ether oxygens (including phenoxy) is 2. The average Bonchev–Trinajstić information content (AvgIpc) is 2.70. The molecule has 1 atom stereocenters. The van der Waals surface area contributed by atoms with E-state index in [2.05, 4.69) is 10.0 Å². The number of hydrogen-bond acceptors (Lipinski definition) is 5. The van der Waals surface area contributed by atoms with Gasteiger partial charge in [0, 0.05) is 19.5 Å². The Morgan fingerprint density at radius 3 is 2.57 bits per heavy atom. The van der Waals surface area contributed by atoms with E-state index in [0.29, 0.717) is 24.7 Å². The SMILES string of the molecule is CNC(=O)[C@@H](C)NS(=O)(=O)c1ccc2c(c1)OCCCO2. The molecule has 0 aliphatic carbocycles. The number of rotatable bonds is 4. The zero-order valence-electron chi connectivity index (χ0n) is 11.9. The first-order chi connectivity index (χ1) is 9.94. The smallest absolute Gasteiger partial charge is 0.241 e. The molecule has 7 nitrogen and oxygen atoms in total.